The van der Waals surface area contributed by atoms with E-state index in [0.717, 1.165) is 61.1 Å². The highest BCUT2D eigenvalue weighted by atomic mass is 16.3. The summed E-state index contributed by atoms with van der Waals surface area (Å²) in [5.41, 5.74) is 15.7. The average molecular weight is 715 g/mol. The summed E-state index contributed by atoms with van der Waals surface area (Å²) in [6.07, 6.45) is 0. The van der Waals surface area contributed by atoms with Crippen LogP contribution in [0.2, 0.25) is 0 Å². The molecule has 0 unspecified atom stereocenters. The first kappa shape index (κ1) is 32.1. The molecular weight excluding hydrogens is 681 g/mol. The minimum atomic E-state index is -0.492. The van der Waals surface area contributed by atoms with Gasteiger partial charge in [0.15, 0.2) is 5.82 Å². The molecule has 0 atom stereocenters. The van der Waals surface area contributed by atoms with Gasteiger partial charge in [-0.05, 0) is 68.8 Å². The van der Waals surface area contributed by atoms with E-state index in [0.29, 0.717) is 5.82 Å². The van der Waals surface area contributed by atoms with Crippen LogP contribution in [0.5, 0.6) is 0 Å². The number of nitrogens with zero attached hydrogens (tertiary/aromatic N) is 2. The van der Waals surface area contributed by atoms with Gasteiger partial charge in [0.2, 0.25) is 0 Å². The first-order chi connectivity index (χ1) is 27.8. The molecule has 0 fully saturated rings. The molecule has 1 aliphatic rings. The average Bonchev–Trinajstić information content (AvgIpc) is 3.81. The van der Waals surface area contributed by atoms with Gasteiger partial charge in [-0.3, -0.25) is 0 Å². The van der Waals surface area contributed by atoms with E-state index in [2.05, 4.69) is 164 Å². The molecule has 0 saturated heterocycles. The van der Waals surface area contributed by atoms with Gasteiger partial charge in [-0.2, -0.15) is 0 Å². The second kappa shape index (κ2) is 12.9. The highest BCUT2D eigenvalue weighted by molar-refractivity contribution is 6.12. The Hall–Kier alpha value is -7.36. The number of para-hydroxylation sites is 1. The minimum absolute atomic E-state index is 0.492. The van der Waals surface area contributed by atoms with Gasteiger partial charge in [-0.1, -0.05) is 182 Å². The van der Waals surface area contributed by atoms with Crippen LogP contribution in [0.1, 0.15) is 22.3 Å². The van der Waals surface area contributed by atoms with E-state index in [9.17, 15) is 0 Å². The van der Waals surface area contributed by atoms with Crippen LogP contribution in [-0.4, -0.2) is 9.97 Å². The maximum Gasteiger partial charge on any atom is 0.160 e. The van der Waals surface area contributed by atoms with E-state index in [1.165, 1.54) is 33.4 Å². The predicted octanol–water partition coefficient (Wildman–Crippen LogP) is 13.4. The van der Waals surface area contributed by atoms with E-state index in [1.54, 1.807) is 0 Å². The monoisotopic (exact) mass is 714 g/mol. The molecule has 11 rings (SSSR count). The molecule has 2 heterocycles. The molecular formula is C53H34N2O. The van der Waals surface area contributed by atoms with Crippen LogP contribution in [-0.2, 0) is 5.41 Å². The number of furan rings is 1. The van der Waals surface area contributed by atoms with E-state index in [-0.39, 0.29) is 0 Å². The van der Waals surface area contributed by atoms with E-state index in [4.69, 9.17) is 14.4 Å². The number of rotatable bonds is 6. The van der Waals surface area contributed by atoms with Crippen molar-refractivity contribution in [3.63, 3.8) is 0 Å². The summed E-state index contributed by atoms with van der Waals surface area (Å²) in [5, 5.41) is 2.12. The van der Waals surface area contributed by atoms with Gasteiger partial charge in [0.25, 0.3) is 0 Å². The maximum absolute atomic E-state index is 6.32. The highest BCUT2D eigenvalue weighted by Gasteiger charge is 2.46. The zero-order valence-electron chi connectivity index (χ0n) is 30.4. The lowest BCUT2D eigenvalue weighted by molar-refractivity contribution is 0.669. The lowest BCUT2D eigenvalue weighted by Crippen LogP contribution is -2.28. The van der Waals surface area contributed by atoms with E-state index in [1.807, 2.05) is 42.5 Å². The molecule has 0 amide bonds. The van der Waals surface area contributed by atoms with E-state index < -0.39 is 5.41 Å². The molecule has 3 heteroatoms. The van der Waals surface area contributed by atoms with Crippen LogP contribution in [0.25, 0.3) is 78.1 Å². The number of aromatic nitrogens is 2. The largest absolute Gasteiger partial charge is 0.456 e. The fourth-order valence-corrected chi connectivity index (χ4v) is 9.00. The van der Waals surface area contributed by atoms with Gasteiger partial charge < -0.3 is 4.42 Å². The minimum Gasteiger partial charge on any atom is -0.456 e. The summed E-state index contributed by atoms with van der Waals surface area (Å²) >= 11 is 0. The van der Waals surface area contributed by atoms with Crippen LogP contribution in [0.3, 0.4) is 0 Å². The predicted molar refractivity (Wildman–Crippen MR) is 228 cm³/mol. The summed E-state index contributed by atoms with van der Waals surface area (Å²) in [6, 6.07) is 73.3. The molecule has 0 saturated carbocycles. The fourth-order valence-electron chi connectivity index (χ4n) is 9.00. The molecule has 3 nitrogen and oxygen atoms in total. The Kier molecular flexibility index (Phi) is 7.39. The zero-order chi connectivity index (χ0) is 37.1. The molecule has 8 aromatic carbocycles. The number of hydrogen-bond donors (Lipinski definition) is 0. The van der Waals surface area contributed by atoms with Gasteiger partial charge in [-0.25, -0.2) is 9.97 Å². The van der Waals surface area contributed by atoms with Crippen molar-refractivity contribution >= 4 is 21.9 Å². The summed E-state index contributed by atoms with van der Waals surface area (Å²) in [6.45, 7) is 0. The molecule has 2 aromatic heterocycles. The van der Waals surface area contributed by atoms with Crippen molar-refractivity contribution in [3.05, 3.63) is 229 Å². The Morgan fingerprint density at radius 1 is 0.357 bits per heavy atom. The second-order valence-corrected chi connectivity index (χ2v) is 14.4. The van der Waals surface area contributed by atoms with Crippen LogP contribution in [0.4, 0.5) is 0 Å². The SMILES string of the molecule is c1ccc(-c2nc(-c3ccccc3-c3ccc4c(c3)C(c3ccccc3)(c3ccccc3)c3ccccc3-4)cc(-c3cccc4oc5ccccc5c34)n2)cc1. The van der Waals surface area contributed by atoms with Crippen molar-refractivity contribution in [1.82, 2.24) is 9.97 Å². The Bertz CT molecular complexity index is 3040. The lowest BCUT2D eigenvalue weighted by Gasteiger charge is -2.34. The molecule has 0 aliphatic heterocycles. The Morgan fingerprint density at radius 2 is 0.911 bits per heavy atom. The molecule has 0 spiro atoms. The van der Waals surface area contributed by atoms with Crippen LogP contribution < -0.4 is 0 Å². The summed E-state index contributed by atoms with van der Waals surface area (Å²) in [4.78, 5) is 10.6. The third kappa shape index (κ3) is 4.91. The van der Waals surface area contributed by atoms with Crippen molar-refractivity contribution in [2.24, 2.45) is 0 Å². The van der Waals surface area contributed by atoms with Crippen molar-refractivity contribution < 1.29 is 4.42 Å². The Morgan fingerprint density at radius 3 is 1.66 bits per heavy atom. The molecule has 1 aliphatic carbocycles. The van der Waals surface area contributed by atoms with Crippen molar-refractivity contribution in [2.45, 2.75) is 5.41 Å². The van der Waals surface area contributed by atoms with Crippen molar-refractivity contribution in [1.29, 1.82) is 0 Å². The zero-order valence-corrected chi connectivity index (χ0v) is 30.4. The summed E-state index contributed by atoms with van der Waals surface area (Å²) in [5.74, 6) is 0.675. The Balaban J connectivity index is 1.15. The summed E-state index contributed by atoms with van der Waals surface area (Å²) in [7, 11) is 0. The van der Waals surface area contributed by atoms with Gasteiger partial charge in [0.05, 0.1) is 16.8 Å². The van der Waals surface area contributed by atoms with Crippen molar-refractivity contribution in [3.8, 4) is 56.2 Å². The number of fused-ring (bicyclic) bond motifs is 6. The standard InChI is InChI=1S/C53H34N2O/c1-4-17-35(18-5-1)52-54-47(34-48(55-52)43-27-16-30-50-51(43)44-26-13-15-29-49(44)56-50)42-25-11-10-23-39(42)36-31-32-41-40-24-12-14-28-45(40)53(46(41)33-36,37-19-6-2-7-20-37)38-21-8-3-9-22-38/h1-34H. The molecule has 0 N–H and O–H groups in total. The van der Waals surface area contributed by atoms with Gasteiger partial charge in [0, 0.05) is 27.5 Å². The topological polar surface area (TPSA) is 38.9 Å². The first-order valence-corrected chi connectivity index (χ1v) is 19.1. The number of benzene rings is 8. The van der Waals surface area contributed by atoms with Gasteiger partial charge >= 0.3 is 0 Å². The second-order valence-electron chi connectivity index (χ2n) is 14.4. The Labute approximate surface area is 325 Å². The quantitative estimate of drug-likeness (QED) is 0.172. The normalized spacial score (nSPS) is 12.8. The van der Waals surface area contributed by atoms with Crippen LogP contribution in [0, 0.1) is 0 Å². The molecule has 0 radical (unpaired) electrons. The van der Waals surface area contributed by atoms with Crippen LogP contribution >= 0.6 is 0 Å². The fraction of sp³-hybridized carbons (Fsp3) is 0.0189. The summed E-state index contributed by atoms with van der Waals surface area (Å²) < 4.78 is 6.32. The smallest absolute Gasteiger partial charge is 0.160 e. The van der Waals surface area contributed by atoms with Crippen LogP contribution in [0.15, 0.2) is 211 Å². The molecule has 10 aromatic rings. The highest BCUT2D eigenvalue weighted by Crippen LogP contribution is 2.57. The maximum atomic E-state index is 6.32. The first-order valence-electron chi connectivity index (χ1n) is 19.1. The van der Waals surface area contributed by atoms with Gasteiger partial charge in [0.1, 0.15) is 11.2 Å². The lowest BCUT2D eigenvalue weighted by atomic mass is 9.67. The molecule has 262 valence electrons. The third-order valence-electron chi connectivity index (χ3n) is 11.4. The van der Waals surface area contributed by atoms with E-state index >= 15 is 0 Å². The molecule has 0 bridgehead atoms. The van der Waals surface area contributed by atoms with Gasteiger partial charge in [-0.15, -0.1) is 0 Å². The number of hydrogen-bond acceptors (Lipinski definition) is 3. The third-order valence-corrected chi connectivity index (χ3v) is 11.4. The molecule has 56 heavy (non-hydrogen) atoms. The van der Waals surface area contributed by atoms with Crippen molar-refractivity contribution in [2.75, 3.05) is 0 Å².